The lowest BCUT2D eigenvalue weighted by atomic mass is 10.0. The zero-order chi connectivity index (χ0) is 32.6. The van der Waals surface area contributed by atoms with E-state index in [9.17, 15) is 18.0 Å². The topological polar surface area (TPSA) is 96.0 Å². The van der Waals surface area contributed by atoms with Crippen molar-refractivity contribution in [3.8, 4) is 5.75 Å². The van der Waals surface area contributed by atoms with Gasteiger partial charge in [0.25, 0.3) is 10.0 Å². The molecule has 4 rings (SSSR count). The average molecular weight is 734 g/mol. The van der Waals surface area contributed by atoms with Gasteiger partial charge in [-0.25, -0.2) is 8.42 Å². The molecule has 1 N–H and O–H groups in total. The van der Waals surface area contributed by atoms with Crippen LogP contribution in [0.15, 0.2) is 106 Å². The van der Waals surface area contributed by atoms with Crippen LogP contribution in [-0.2, 0) is 32.6 Å². The van der Waals surface area contributed by atoms with E-state index < -0.39 is 34.4 Å². The Balaban J connectivity index is 1.81. The Morgan fingerprint density at radius 3 is 2.09 bits per heavy atom. The van der Waals surface area contributed by atoms with Crippen molar-refractivity contribution in [2.45, 2.75) is 30.8 Å². The first-order chi connectivity index (χ1) is 21.5. The van der Waals surface area contributed by atoms with Crippen LogP contribution in [0.2, 0.25) is 10.0 Å². The molecule has 0 aliphatic carbocycles. The molecule has 0 aliphatic heterocycles. The summed E-state index contributed by atoms with van der Waals surface area (Å²) in [6, 6.07) is 25.7. The maximum absolute atomic E-state index is 14.4. The Labute approximate surface area is 282 Å². The quantitative estimate of drug-likeness (QED) is 0.164. The van der Waals surface area contributed by atoms with Gasteiger partial charge in [-0.15, -0.1) is 0 Å². The molecule has 1 atom stereocenters. The molecule has 0 spiro atoms. The van der Waals surface area contributed by atoms with E-state index in [0.717, 1.165) is 9.87 Å². The molecule has 0 radical (unpaired) electrons. The second-order valence-electron chi connectivity index (χ2n) is 9.93. The van der Waals surface area contributed by atoms with Crippen LogP contribution in [-0.4, -0.2) is 51.4 Å². The number of likely N-dealkylation sites (N-methyl/N-ethyl adjacent to an activating group) is 1. The van der Waals surface area contributed by atoms with Gasteiger partial charge in [0, 0.05) is 40.1 Å². The fourth-order valence-corrected chi connectivity index (χ4v) is 6.91. The van der Waals surface area contributed by atoms with Crippen molar-refractivity contribution in [3.05, 3.63) is 123 Å². The number of nitrogens with one attached hydrogen (secondary N) is 1. The number of hydrogen-bond donors (Lipinski definition) is 1. The molecule has 4 aromatic rings. The molecule has 0 aromatic heterocycles. The lowest BCUT2D eigenvalue weighted by Gasteiger charge is -2.34. The van der Waals surface area contributed by atoms with E-state index in [-0.39, 0.29) is 23.5 Å². The zero-order valence-electron chi connectivity index (χ0n) is 24.6. The number of nitrogens with zero attached hydrogens (tertiary/aromatic N) is 2. The van der Waals surface area contributed by atoms with Crippen LogP contribution in [0.1, 0.15) is 18.1 Å². The van der Waals surface area contributed by atoms with Gasteiger partial charge in [0.1, 0.15) is 18.3 Å². The standard InChI is InChI=1S/C33H32BrCl2N3O5S/c1-3-44-26-16-14-25(15-17-26)39(45(42,43)27-18-12-24(34)13-19-27)22-32(40)38(21-28-29(35)10-7-11-30(28)36)31(33(41)37-2)20-23-8-5-4-6-9-23/h4-19,31H,3,20-22H2,1-2H3,(H,37,41)/t31-/m0/s1. The summed E-state index contributed by atoms with van der Waals surface area (Å²) in [5, 5.41) is 3.27. The lowest BCUT2D eigenvalue weighted by molar-refractivity contribution is -0.139. The Morgan fingerprint density at radius 1 is 0.889 bits per heavy atom. The third-order valence-electron chi connectivity index (χ3n) is 7.02. The van der Waals surface area contributed by atoms with E-state index >= 15 is 0 Å². The minimum Gasteiger partial charge on any atom is -0.494 e. The molecule has 0 saturated carbocycles. The highest BCUT2D eigenvalue weighted by molar-refractivity contribution is 9.10. The van der Waals surface area contributed by atoms with Crippen LogP contribution in [0, 0.1) is 0 Å². The van der Waals surface area contributed by atoms with Gasteiger partial charge in [0.2, 0.25) is 11.8 Å². The molecule has 2 amide bonds. The lowest BCUT2D eigenvalue weighted by Crippen LogP contribution is -2.53. The molecule has 0 unspecified atom stereocenters. The Morgan fingerprint density at radius 2 is 1.51 bits per heavy atom. The molecular formula is C33H32BrCl2N3O5S. The minimum absolute atomic E-state index is 0.0137. The number of amides is 2. The van der Waals surface area contributed by atoms with Crippen LogP contribution < -0.4 is 14.4 Å². The number of carbonyl (C=O) groups excluding carboxylic acids is 2. The van der Waals surface area contributed by atoms with Gasteiger partial charge in [0.15, 0.2) is 0 Å². The largest absolute Gasteiger partial charge is 0.494 e. The molecule has 12 heteroatoms. The Hall–Kier alpha value is -3.57. The molecular weight excluding hydrogens is 701 g/mol. The van der Waals surface area contributed by atoms with Crippen LogP contribution in [0.4, 0.5) is 5.69 Å². The highest BCUT2D eigenvalue weighted by Gasteiger charge is 2.35. The first kappa shape index (κ1) is 34.3. The van der Waals surface area contributed by atoms with Gasteiger partial charge in [-0.3, -0.25) is 13.9 Å². The van der Waals surface area contributed by atoms with Gasteiger partial charge >= 0.3 is 0 Å². The number of halogens is 3. The zero-order valence-corrected chi connectivity index (χ0v) is 28.5. The molecule has 8 nitrogen and oxygen atoms in total. The number of rotatable bonds is 13. The smallest absolute Gasteiger partial charge is 0.264 e. The van der Waals surface area contributed by atoms with Gasteiger partial charge < -0.3 is 15.0 Å². The normalized spacial score (nSPS) is 11.8. The minimum atomic E-state index is -4.25. The molecule has 0 fully saturated rings. The highest BCUT2D eigenvalue weighted by Crippen LogP contribution is 2.30. The van der Waals surface area contributed by atoms with Gasteiger partial charge in [-0.2, -0.15) is 0 Å². The molecule has 45 heavy (non-hydrogen) atoms. The summed E-state index contributed by atoms with van der Waals surface area (Å²) in [6.45, 7) is 1.52. The maximum atomic E-state index is 14.4. The van der Waals surface area contributed by atoms with Crippen molar-refractivity contribution < 1.29 is 22.7 Å². The van der Waals surface area contributed by atoms with Crippen molar-refractivity contribution in [1.82, 2.24) is 10.2 Å². The number of hydrogen-bond acceptors (Lipinski definition) is 5. The first-order valence-electron chi connectivity index (χ1n) is 14.0. The summed E-state index contributed by atoms with van der Waals surface area (Å²) in [5.74, 6) is -0.519. The third-order valence-corrected chi connectivity index (χ3v) is 10.0. The number of anilines is 1. The molecule has 236 valence electrons. The summed E-state index contributed by atoms with van der Waals surface area (Å²) in [5.41, 5.74) is 1.48. The number of ether oxygens (including phenoxy) is 1. The van der Waals surface area contributed by atoms with Crippen molar-refractivity contribution >= 4 is 66.7 Å². The molecule has 0 aliphatic rings. The SMILES string of the molecule is CCOc1ccc(N(CC(=O)N(Cc2c(Cl)cccc2Cl)[C@@H](Cc2ccccc2)C(=O)NC)S(=O)(=O)c2ccc(Br)cc2)cc1. The average Bonchev–Trinajstić information content (AvgIpc) is 3.03. The van der Waals surface area contributed by atoms with E-state index in [2.05, 4.69) is 21.2 Å². The third kappa shape index (κ3) is 8.58. The number of sulfonamides is 1. The van der Waals surface area contributed by atoms with E-state index in [0.29, 0.717) is 32.4 Å². The Kier molecular flexibility index (Phi) is 11.9. The van der Waals surface area contributed by atoms with Gasteiger partial charge in [-0.05, 0) is 73.2 Å². The fraction of sp³-hybridized carbons (Fsp3) is 0.212. The fourth-order valence-electron chi connectivity index (χ4n) is 4.71. The second kappa shape index (κ2) is 15.6. The predicted molar refractivity (Wildman–Crippen MR) is 181 cm³/mol. The number of carbonyl (C=O) groups is 2. The maximum Gasteiger partial charge on any atom is 0.264 e. The predicted octanol–water partition coefficient (Wildman–Crippen LogP) is 6.74. The van der Waals surface area contributed by atoms with E-state index in [1.165, 1.54) is 24.1 Å². The molecule has 0 heterocycles. The molecule has 4 aromatic carbocycles. The van der Waals surface area contributed by atoms with E-state index in [4.69, 9.17) is 27.9 Å². The molecule has 0 saturated heterocycles. The summed E-state index contributed by atoms with van der Waals surface area (Å²) in [4.78, 5) is 29.2. The summed E-state index contributed by atoms with van der Waals surface area (Å²) in [7, 11) is -2.77. The van der Waals surface area contributed by atoms with Crippen LogP contribution in [0.3, 0.4) is 0 Å². The van der Waals surface area contributed by atoms with Crippen molar-refractivity contribution in [2.24, 2.45) is 0 Å². The summed E-state index contributed by atoms with van der Waals surface area (Å²) >= 11 is 16.4. The molecule has 0 bridgehead atoms. The van der Waals surface area contributed by atoms with E-state index in [1.807, 2.05) is 37.3 Å². The summed E-state index contributed by atoms with van der Waals surface area (Å²) < 4.78 is 35.5. The van der Waals surface area contributed by atoms with Crippen LogP contribution in [0.25, 0.3) is 0 Å². The van der Waals surface area contributed by atoms with Gasteiger partial charge in [-0.1, -0.05) is 75.5 Å². The highest BCUT2D eigenvalue weighted by atomic mass is 79.9. The van der Waals surface area contributed by atoms with Crippen LogP contribution >= 0.6 is 39.1 Å². The first-order valence-corrected chi connectivity index (χ1v) is 17.0. The second-order valence-corrected chi connectivity index (χ2v) is 13.5. The Bertz CT molecular complexity index is 1700. The number of benzene rings is 4. The monoisotopic (exact) mass is 731 g/mol. The summed E-state index contributed by atoms with van der Waals surface area (Å²) in [6.07, 6.45) is 0.164. The van der Waals surface area contributed by atoms with Crippen LogP contribution in [0.5, 0.6) is 5.75 Å². The van der Waals surface area contributed by atoms with E-state index in [1.54, 1.807) is 54.6 Å². The van der Waals surface area contributed by atoms with Crippen molar-refractivity contribution in [2.75, 3.05) is 24.5 Å². The van der Waals surface area contributed by atoms with Gasteiger partial charge in [0.05, 0.1) is 17.2 Å². The van der Waals surface area contributed by atoms with Crippen molar-refractivity contribution in [1.29, 1.82) is 0 Å². The van der Waals surface area contributed by atoms with Crippen molar-refractivity contribution in [3.63, 3.8) is 0 Å².